The Bertz CT molecular complexity index is 1100. The van der Waals surface area contributed by atoms with Gasteiger partial charge in [-0.15, -0.1) is 0 Å². The van der Waals surface area contributed by atoms with Crippen molar-refractivity contribution >= 4 is 17.6 Å². The zero-order valence-electron chi connectivity index (χ0n) is 20.1. The van der Waals surface area contributed by atoms with Gasteiger partial charge < -0.3 is 9.64 Å². The van der Waals surface area contributed by atoms with E-state index in [0.717, 1.165) is 23.6 Å². The van der Waals surface area contributed by atoms with Crippen LogP contribution in [0.15, 0.2) is 71.7 Å². The average Bonchev–Trinajstić information content (AvgIpc) is 2.73. The fourth-order valence-electron chi connectivity index (χ4n) is 5.10. The Hall–Kier alpha value is -3.07. The summed E-state index contributed by atoms with van der Waals surface area (Å²) in [6, 6.07) is 22.9. The molecule has 1 aliphatic rings. The number of hydrogen-bond donors (Lipinski definition) is 0. The lowest BCUT2D eigenvalue weighted by Gasteiger charge is -2.50. The second-order valence-electron chi connectivity index (χ2n) is 9.82. The minimum Gasteiger partial charge on any atom is -0.457 e. The molecular formula is C29H34N2O. The molecule has 0 radical (unpaired) electrons. The lowest BCUT2D eigenvalue weighted by Crippen LogP contribution is -2.51. The first-order valence-electron chi connectivity index (χ1n) is 11.6. The first kappa shape index (κ1) is 22.1. The number of benzene rings is 3. The predicted molar refractivity (Wildman–Crippen MR) is 136 cm³/mol. The fourth-order valence-corrected chi connectivity index (χ4v) is 5.10. The van der Waals surface area contributed by atoms with Gasteiger partial charge in [-0.3, -0.25) is 4.99 Å². The summed E-state index contributed by atoms with van der Waals surface area (Å²) in [5, 5.41) is 0. The van der Waals surface area contributed by atoms with Crippen molar-refractivity contribution in [3.05, 3.63) is 83.4 Å². The van der Waals surface area contributed by atoms with Crippen molar-refractivity contribution in [1.29, 1.82) is 0 Å². The van der Waals surface area contributed by atoms with Crippen molar-refractivity contribution in [3.8, 4) is 11.5 Å². The standard InChI is InChI=1S/C29H34N2O/c1-20(2)31-28-16-21(3)23(17-27(28)22(4)18-29(31,5)6)19-30-24-12-14-26(15-13-24)32-25-10-8-7-9-11-25/h7-17,19-20,22H,18H2,1-6H3/t22-/m0/s1. The quantitative estimate of drug-likeness (QED) is 0.386. The molecule has 0 aliphatic carbocycles. The first-order valence-corrected chi connectivity index (χ1v) is 11.6. The molecule has 0 saturated heterocycles. The van der Waals surface area contributed by atoms with E-state index in [9.17, 15) is 0 Å². The molecule has 32 heavy (non-hydrogen) atoms. The van der Waals surface area contributed by atoms with Gasteiger partial charge in [0, 0.05) is 23.5 Å². The van der Waals surface area contributed by atoms with E-state index >= 15 is 0 Å². The molecule has 0 spiro atoms. The van der Waals surface area contributed by atoms with E-state index in [1.54, 1.807) is 0 Å². The molecule has 0 amide bonds. The molecule has 0 N–H and O–H groups in total. The van der Waals surface area contributed by atoms with E-state index in [1.807, 2.05) is 60.8 Å². The summed E-state index contributed by atoms with van der Waals surface area (Å²) in [6.45, 7) is 13.8. The van der Waals surface area contributed by atoms with Crippen molar-refractivity contribution < 1.29 is 4.74 Å². The maximum atomic E-state index is 5.88. The largest absolute Gasteiger partial charge is 0.457 e. The number of hydrogen-bond acceptors (Lipinski definition) is 3. The van der Waals surface area contributed by atoms with E-state index in [0.29, 0.717) is 12.0 Å². The van der Waals surface area contributed by atoms with Crippen LogP contribution in [0.3, 0.4) is 0 Å². The highest BCUT2D eigenvalue weighted by molar-refractivity contribution is 5.86. The van der Waals surface area contributed by atoms with E-state index in [-0.39, 0.29) is 5.54 Å². The molecule has 1 atom stereocenters. The van der Waals surface area contributed by atoms with Crippen LogP contribution in [-0.2, 0) is 0 Å². The Morgan fingerprint density at radius 1 is 1.00 bits per heavy atom. The number of aryl methyl sites for hydroxylation is 1. The Morgan fingerprint density at radius 3 is 2.31 bits per heavy atom. The zero-order chi connectivity index (χ0) is 22.9. The molecule has 0 unspecified atom stereocenters. The third-order valence-corrected chi connectivity index (χ3v) is 6.35. The van der Waals surface area contributed by atoms with Crippen LogP contribution >= 0.6 is 0 Å². The van der Waals surface area contributed by atoms with Crippen molar-refractivity contribution in [1.82, 2.24) is 0 Å². The minimum atomic E-state index is 0.159. The van der Waals surface area contributed by atoms with Crippen LogP contribution in [0.2, 0.25) is 0 Å². The Kier molecular flexibility index (Phi) is 6.10. The second-order valence-corrected chi connectivity index (χ2v) is 9.82. The van der Waals surface area contributed by atoms with Crippen LogP contribution in [0, 0.1) is 6.92 Å². The number of aliphatic imine (C=N–C) groups is 1. The summed E-state index contributed by atoms with van der Waals surface area (Å²) in [7, 11) is 0. The highest BCUT2D eigenvalue weighted by Gasteiger charge is 2.37. The first-order chi connectivity index (χ1) is 15.2. The van der Waals surface area contributed by atoms with Gasteiger partial charge in [0.25, 0.3) is 0 Å². The minimum absolute atomic E-state index is 0.159. The van der Waals surface area contributed by atoms with Gasteiger partial charge in [0.2, 0.25) is 0 Å². The molecule has 0 saturated carbocycles. The molecule has 0 fully saturated rings. The molecule has 3 heteroatoms. The van der Waals surface area contributed by atoms with Gasteiger partial charge in [-0.05, 0) is 112 Å². The van der Waals surface area contributed by atoms with Crippen LogP contribution in [0.25, 0.3) is 0 Å². The maximum absolute atomic E-state index is 5.88. The number of anilines is 1. The number of para-hydroxylation sites is 1. The molecule has 3 nitrogen and oxygen atoms in total. The van der Waals surface area contributed by atoms with Gasteiger partial charge in [-0.25, -0.2) is 0 Å². The highest BCUT2D eigenvalue weighted by atomic mass is 16.5. The lowest BCUT2D eigenvalue weighted by molar-refractivity contribution is 0.356. The van der Waals surface area contributed by atoms with Crippen molar-refractivity contribution in [2.24, 2.45) is 4.99 Å². The van der Waals surface area contributed by atoms with Crippen LogP contribution in [0.5, 0.6) is 11.5 Å². The van der Waals surface area contributed by atoms with E-state index < -0.39 is 0 Å². The summed E-state index contributed by atoms with van der Waals surface area (Å²) < 4.78 is 5.88. The van der Waals surface area contributed by atoms with E-state index in [1.165, 1.54) is 22.4 Å². The van der Waals surface area contributed by atoms with Crippen molar-refractivity contribution in [3.63, 3.8) is 0 Å². The van der Waals surface area contributed by atoms with Gasteiger partial charge in [0.1, 0.15) is 11.5 Å². The molecule has 0 bridgehead atoms. The smallest absolute Gasteiger partial charge is 0.127 e. The molecule has 0 aromatic heterocycles. The Balaban J connectivity index is 1.57. The SMILES string of the molecule is Cc1cc2c(cc1C=Nc1ccc(Oc3ccccc3)cc1)[C@@H](C)CC(C)(C)N2C(C)C. The van der Waals surface area contributed by atoms with Gasteiger partial charge in [0.05, 0.1) is 5.69 Å². The maximum Gasteiger partial charge on any atom is 0.127 e. The Morgan fingerprint density at radius 2 is 1.66 bits per heavy atom. The normalized spacial score (nSPS) is 17.6. The van der Waals surface area contributed by atoms with Crippen molar-refractivity contribution in [2.45, 2.75) is 65.5 Å². The van der Waals surface area contributed by atoms with Gasteiger partial charge in [0.15, 0.2) is 0 Å². The van der Waals surface area contributed by atoms with Crippen LogP contribution < -0.4 is 9.64 Å². The molecule has 4 rings (SSSR count). The molecule has 1 aliphatic heterocycles. The predicted octanol–water partition coefficient (Wildman–Crippen LogP) is 8.04. The summed E-state index contributed by atoms with van der Waals surface area (Å²) in [4.78, 5) is 7.33. The van der Waals surface area contributed by atoms with Crippen molar-refractivity contribution in [2.75, 3.05) is 4.90 Å². The third-order valence-electron chi connectivity index (χ3n) is 6.35. The van der Waals surface area contributed by atoms with Crippen LogP contribution in [0.1, 0.15) is 63.6 Å². The van der Waals surface area contributed by atoms with Crippen LogP contribution in [-0.4, -0.2) is 17.8 Å². The van der Waals surface area contributed by atoms with Gasteiger partial charge in [-0.2, -0.15) is 0 Å². The van der Waals surface area contributed by atoms with Crippen LogP contribution in [0.4, 0.5) is 11.4 Å². The number of nitrogens with zero attached hydrogens (tertiary/aromatic N) is 2. The summed E-state index contributed by atoms with van der Waals surface area (Å²) >= 11 is 0. The monoisotopic (exact) mass is 426 g/mol. The lowest BCUT2D eigenvalue weighted by atomic mass is 9.78. The number of fused-ring (bicyclic) bond motifs is 1. The summed E-state index contributed by atoms with van der Waals surface area (Å²) in [5.74, 6) is 2.17. The Labute approximate surface area is 192 Å². The van der Waals surface area contributed by atoms with E-state index in [4.69, 9.17) is 9.73 Å². The summed E-state index contributed by atoms with van der Waals surface area (Å²) in [5.41, 5.74) is 6.32. The zero-order valence-corrected chi connectivity index (χ0v) is 20.1. The number of rotatable bonds is 5. The van der Waals surface area contributed by atoms with Gasteiger partial charge in [-0.1, -0.05) is 25.1 Å². The topological polar surface area (TPSA) is 24.8 Å². The molecule has 166 valence electrons. The third kappa shape index (κ3) is 4.57. The molecule has 3 aromatic rings. The molecule has 1 heterocycles. The highest BCUT2D eigenvalue weighted by Crippen LogP contribution is 2.45. The summed E-state index contributed by atoms with van der Waals surface area (Å²) in [6.07, 6.45) is 3.15. The number of ether oxygens (including phenoxy) is 1. The second kappa shape index (κ2) is 8.82. The molecular weight excluding hydrogens is 392 g/mol. The molecule has 3 aromatic carbocycles. The fraction of sp³-hybridized carbons (Fsp3) is 0.345. The average molecular weight is 427 g/mol. The van der Waals surface area contributed by atoms with Gasteiger partial charge >= 0.3 is 0 Å². The van der Waals surface area contributed by atoms with E-state index in [2.05, 4.69) is 58.6 Å².